The molecule has 14 heavy (non-hydrogen) atoms. The minimum absolute atomic E-state index is 0. The Morgan fingerprint density at radius 1 is 1.43 bits per heavy atom. The van der Waals surface area contributed by atoms with Crippen LogP contribution in [0.25, 0.3) is 0 Å². The van der Waals surface area contributed by atoms with Crippen molar-refractivity contribution in [2.45, 2.75) is 0 Å². The number of carbonyl (C=O) groups is 1. The van der Waals surface area contributed by atoms with Crippen molar-refractivity contribution in [1.82, 2.24) is 5.32 Å². The van der Waals surface area contributed by atoms with Crippen molar-refractivity contribution in [3.63, 3.8) is 0 Å². The largest absolute Gasteiger partial charge is 0.336 e. The molecule has 2 rings (SSSR count). The van der Waals surface area contributed by atoms with Crippen molar-refractivity contribution in [1.29, 1.82) is 0 Å². The number of rotatable bonds is 1. The molecule has 0 unspecified atom stereocenters. The summed E-state index contributed by atoms with van der Waals surface area (Å²) < 4.78 is 0. The molecule has 1 aromatic carbocycles. The first kappa shape index (κ1) is 11.1. The number of anilines is 1. The van der Waals surface area contributed by atoms with Crippen molar-refractivity contribution in [3.8, 4) is 0 Å². The molecule has 1 fully saturated rings. The lowest BCUT2D eigenvalue weighted by molar-refractivity contribution is 0.252. The smallest absolute Gasteiger partial charge is 0.321 e. The second kappa shape index (κ2) is 4.53. The SMILES string of the molecule is Cl.O=C1NCCN1c1cccc(Cl)c1. The summed E-state index contributed by atoms with van der Waals surface area (Å²) in [6.45, 7) is 1.41. The molecule has 1 N–H and O–H groups in total. The highest BCUT2D eigenvalue weighted by Crippen LogP contribution is 2.20. The van der Waals surface area contributed by atoms with Crippen LogP contribution in [-0.4, -0.2) is 19.1 Å². The summed E-state index contributed by atoms with van der Waals surface area (Å²) in [4.78, 5) is 12.9. The third kappa shape index (κ3) is 2.11. The monoisotopic (exact) mass is 232 g/mol. The molecule has 3 nitrogen and oxygen atoms in total. The van der Waals surface area contributed by atoms with Gasteiger partial charge in [-0.15, -0.1) is 12.4 Å². The van der Waals surface area contributed by atoms with E-state index in [9.17, 15) is 4.79 Å². The summed E-state index contributed by atoms with van der Waals surface area (Å²) in [6, 6.07) is 7.23. The van der Waals surface area contributed by atoms with Gasteiger partial charge in [-0.1, -0.05) is 17.7 Å². The van der Waals surface area contributed by atoms with Gasteiger partial charge in [-0.2, -0.15) is 0 Å². The molecule has 1 aliphatic rings. The number of urea groups is 1. The second-order valence-corrected chi connectivity index (χ2v) is 3.30. The highest BCUT2D eigenvalue weighted by Gasteiger charge is 2.20. The van der Waals surface area contributed by atoms with Crippen LogP contribution in [0, 0.1) is 0 Å². The lowest BCUT2D eigenvalue weighted by atomic mass is 10.3. The van der Waals surface area contributed by atoms with E-state index in [0.29, 0.717) is 18.1 Å². The molecule has 0 saturated carbocycles. The van der Waals surface area contributed by atoms with Gasteiger partial charge in [0.05, 0.1) is 0 Å². The number of hydrogen-bond acceptors (Lipinski definition) is 1. The van der Waals surface area contributed by atoms with E-state index in [4.69, 9.17) is 11.6 Å². The van der Waals surface area contributed by atoms with Crippen LogP contribution in [-0.2, 0) is 0 Å². The van der Waals surface area contributed by atoms with E-state index in [1.54, 1.807) is 17.0 Å². The molecule has 5 heteroatoms. The van der Waals surface area contributed by atoms with Gasteiger partial charge in [0.2, 0.25) is 0 Å². The minimum atomic E-state index is -0.0535. The maximum Gasteiger partial charge on any atom is 0.321 e. The Labute approximate surface area is 93.4 Å². The topological polar surface area (TPSA) is 32.3 Å². The molecule has 0 radical (unpaired) electrons. The maximum absolute atomic E-state index is 11.3. The van der Waals surface area contributed by atoms with Crippen LogP contribution in [0.3, 0.4) is 0 Å². The van der Waals surface area contributed by atoms with E-state index in [1.165, 1.54) is 0 Å². The van der Waals surface area contributed by atoms with Gasteiger partial charge in [0, 0.05) is 23.8 Å². The summed E-state index contributed by atoms with van der Waals surface area (Å²) in [7, 11) is 0. The van der Waals surface area contributed by atoms with E-state index in [-0.39, 0.29) is 18.4 Å². The van der Waals surface area contributed by atoms with Crippen LogP contribution in [0.5, 0.6) is 0 Å². The van der Waals surface area contributed by atoms with Crippen molar-refractivity contribution in [2.75, 3.05) is 18.0 Å². The predicted octanol–water partition coefficient (Wildman–Crippen LogP) is 2.29. The molecule has 0 bridgehead atoms. The van der Waals surface area contributed by atoms with Gasteiger partial charge in [-0.3, -0.25) is 4.90 Å². The second-order valence-electron chi connectivity index (χ2n) is 2.86. The molecule has 0 atom stereocenters. The first-order valence-electron chi connectivity index (χ1n) is 4.08. The predicted molar refractivity (Wildman–Crippen MR) is 59.4 cm³/mol. The van der Waals surface area contributed by atoms with Gasteiger partial charge in [0.1, 0.15) is 0 Å². The number of amides is 2. The number of benzene rings is 1. The number of carbonyl (C=O) groups excluding carboxylic acids is 1. The van der Waals surface area contributed by atoms with Crippen LogP contribution >= 0.6 is 24.0 Å². The van der Waals surface area contributed by atoms with E-state index in [2.05, 4.69) is 5.32 Å². The lowest BCUT2D eigenvalue weighted by Crippen LogP contribution is -2.27. The van der Waals surface area contributed by atoms with E-state index < -0.39 is 0 Å². The first-order chi connectivity index (χ1) is 6.27. The molecular formula is C9H10Cl2N2O. The molecule has 1 aliphatic heterocycles. The van der Waals surface area contributed by atoms with Crippen LogP contribution < -0.4 is 10.2 Å². The highest BCUT2D eigenvalue weighted by molar-refractivity contribution is 6.30. The van der Waals surface area contributed by atoms with E-state index in [0.717, 1.165) is 5.69 Å². The van der Waals surface area contributed by atoms with E-state index >= 15 is 0 Å². The molecule has 1 heterocycles. The molecule has 0 spiro atoms. The summed E-state index contributed by atoms with van der Waals surface area (Å²) in [5.74, 6) is 0. The molecular weight excluding hydrogens is 223 g/mol. The fourth-order valence-corrected chi connectivity index (χ4v) is 1.55. The third-order valence-electron chi connectivity index (χ3n) is 1.98. The minimum Gasteiger partial charge on any atom is -0.336 e. The zero-order valence-electron chi connectivity index (χ0n) is 7.37. The van der Waals surface area contributed by atoms with Gasteiger partial charge in [0.15, 0.2) is 0 Å². The van der Waals surface area contributed by atoms with Gasteiger partial charge < -0.3 is 5.32 Å². The van der Waals surface area contributed by atoms with Crippen LogP contribution in [0.15, 0.2) is 24.3 Å². The normalized spacial score (nSPS) is 14.9. The molecule has 76 valence electrons. The summed E-state index contributed by atoms with van der Waals surface area (Å²) in [6.07, 6.45) is 0. The van der Waals surface area contributed by atoms with Crippen molar-refractivity contribution >= 4 is 35.7 Å². The van der Waals surface area contributed by atoms with Gasteiger partial charge >= 0.3 is 6.03 Å². The Hall–Kier alpha value is -0.930. The molecule has 1 aromatic rings. The Bertz CT molecular complexity index is 343. The van der Waals surface area contributed by atoms with Crippen LogP contribution in [0.4, 0.5) is 10.5 Å². The summed E-state index contributed by atoms with van der Waals surface area (Å²) >= 11 is 5.81. The average Bonchev–Trinajstić information content (AvgIpc) is 2.51. The molecule has 2 amide bonds. The highest BCUT2D eigenvalue weighted by atomic mass is 35.5. The molecule has 0 aliphatic carbocycles. The van der Waals surface area contributed by atoms with Gasteiger partial charge in [-0.25, -0.2) is 4.79 Å². The summed E-state index contributed by atoms with van der Waals surface area (Å²) in [5.41, 5.74) is 0.850. The number of hydrogen-bond donors (Lipinski definition) is 1. The quantitative estimate of drug-likeness (QED) is 0.792. The Balaban J connectivity index is 0.000000980. The Kier molecular flexibility index (Phi) is 3.61. The zero-order chi connectivity index (χ0) is 9.26. The number of nitrogens with zero attached hydrogens (tertiary/aromatic N) is 1. The number of nitrogens with one attached hydrogen (secondary N) is 1. The van der Waals surface area contributed by atoms with Crippen LogP contribution in [0.1, 0.15) is 0 Å². The Morgan fingerprint density at radius 3 is 2.79 bits per heavy atom. The zero-order valence-corrected chi connectivity index (χ0v) is 8.94. The van der Waals surface area contributed by atoms with Gasteiger partial charge in [-0.05, 0) is 18.2 Å². The fraction of sp³-hybridized carbons (Fsp3) is 0.222. The first-order valence-corrected chi connectivity index (χ1v) is 4.46. The van der Waals surface area contributed by atoms with Crippen molar-refractivity contribution < 1.29 is 4.79 Å². The lowest BCUT2D eigenvalue weighted by Gasteiger charge is -2.13. The standard InChI is InChI=1S/C9H9ClN2O.ClH/c10-7-2-1-3-8(6-7)12-5-4-11-9(12)13;/h1-3,6H,4-5H2,(H,11,13);1H. The van der Waals surface area contributed by atoms with Crippen molar-refractivity contribution in [3.05, 3.63) is 29.3 Å². The van der Waals surface area contributed by atoms with Gasteiger partial charge in [0.25, 0.3) is 0 Å². The van der Waals surface area contributed by atoms with Crippen LogP contribution in [0.2, 0.25) is 5.02 Å². The molecule has 0 aromatic heterocycles. The Morgan fingerprint density at radius 2 is 2.21 bits per heavy atom. The van der Waals surface area contributed by atoms with Crippen molar-refractivity contribution in [2.24, 2.45) is 0 Å². The number of halogens is 2. The maximum atomic E-state index is 11.3. The molecule has 1 saturated heterocycles. The average molecular weight is 233 g/mol. The summed E-state index contributed by atoms with van der Waals surface area (Å²) in [5, 5.41) is 3.38. The third-order valence-corrected chi connectivity index (χ3v) is 2.21. The van der Waals surface area contributed by atoms with E-state index in [1.807, 2.05) is 12.1 Å². The fourth-order valence-electron chi connectivity index (χ4n) is 1.36.